The number of hydrazone groups is 1. The Labute approximate surface area is 241 Å². The minimum atomic E-state index is -4.31. The SMILES string of the molecule is COC(=O)c1ccc(COc2ccccc2C=NNc2ccc([N+](=O)[O-])cc2S(=O)(=O)Nc2ccccc2OC)cc1. The number of nitro benzene ring substituents is 1. The zero-order valence-corrected chi connectivity index (χ0v) is 23.3. The van der Waals surface area contributed by atoms with E-state index in [4.69, 9.17) is 14.2 Å². The van der Waals surface area contributed by atoms with Crippen LogP contribution in [0.2, 0.25) is 0 Å². The molecule has 0 saturated heterocycles. The number of methoxy groups -OCH3 is 2. The standard InChI is InChI=1S/C29H26N4O8S/c1-39-27-10-6-4-8-24(27)32-42(37,38)28-17-23(33(35)36)15-16-25(28)31-30-18-22-7-3-5-9-26(22)41-19-20-11-13-21(14-12-20)29(34)40-2/h3-18,31-32H,19H2,1-2H3. The lowest BCUT2D eigenvalue weighted by Crippen LogP contribution is -2.15. The number of anilines is 2. The van der Waals surface area contributed by atoms with E-state index in [1.165, 1.54) is 38.6 Å². The van der Waals surface area contributed by atoms with Gasteiger partial charge in [0.2, 0.25) is 0 Å². The molecule has 0 unspecified atom stereocenters. The molecule has 4 aromatic rings. The normalized spacial score (nSPS) is 11.1. The van der Waals surface area contributed by atoms with Crippen molar-refractivity contribution in [2.24, 2.45) is 5.10 Å². The topological polar surface area (TPSA) is 158 Å². The van der Waals surface area contributed by atoms with Crippen LogP contribution in [0.4, 0.5) is 17.1 Å². The van der Waals surface area contributed by atoms with Crippen molar-refractivity contribution < 1.29 is 32.3 Å². The van der Waals surface area contributed by atoms with Gasteiger partial charge in [0.25, 0.3) is 15.7 Å². The molecule has 0 heterocycles. The molecular formula is C29H26N4O8S. The van der Waals surface area contributed by atoms with Gasteiger partial charge in [-0.3, -0.25) is 20.3 Å². The van der Waals surface area contributed by atoms with Gasteiger partial charge in [0.15, 0.2) is 0 Å². The first-order valence-electron chi connectivity index (χ1n) is 12.3. The van der Waals surface area contributed by atoms with E-state index in [0.29, 0.717) is 16.9 Å². The first kappa shape index (κ1) is 29.6. The summed E-state index contributed by atoms with van der Waals surface area (Å²) in [5.74, 6) is 0.334. The van der Waals surface area contributed by atoms with Crippen LogP contribution in [0.1, 0.15) is 21.5 Å². The molecule has 0 atom stereocenters. The van der Waals surface area contributed by atoms with Crippen LogP contribution >= 0.6 is 0 Å². The monoisotopic (exact) mass is 590 g/mol. The molecule has 0 amide bonds. The number of hydrogen-bond donors (Lipinski definition) is 2. The highest BCUT2D eigenvalue weighted by atomic mass is 32.2. The lowest BCUT2D eigenvalue weighted by atomic mass is 10.1. The summed E-state index contributed by atoms with van der Waals surface area (Å²) in [5, 5.41) is 15.6. The minimum absolute atomic E-state index is 0.00310. The van der Waals surface area contributed by atoms with Crippen molar-refractivity contribution in [2.75, 3.05) is 24.4 Å². The number of para-hydroxylation sites is 3. The number of carbonyl (C=O) groups is 1. The van der Waals surface area contributed by atoms with Gasteiger partial charge >= 0.3 is 5.97 Å². The molecule has 4 aromatic carbocycles. The lowest BCUT2D eigenvalue weighted by Gasteiger charge is -2.14. The number of sulfonamides is 1. The van der Waals surface area contributed by atoms with E-state index >= 15 is 0 Å². The smallest absolute Gasteiger partial charge is 0.337 e. The van der Waals surface area contributed by atoms with Crippen molar-refractivity contribution in [3.63, 3.8) is 0 Å². The van der Waals surface area contributed by atoms with Gasteiger partial charge in [-0.25, -0.2) is 13.2 Å². The van der Waals surface area contributed by atoms with Gasteiger partial charge in [0.05, 0.1) is 42.3 Å². The molecule has 0 saturated carbocycles. The lowest BCUT2D eigenvalue weighted by molar-refractivity contribution is -0.385. The van der Waals surface area contributed by atoms with Crippen molar-refractivity contribution in [1.82, 2.24) is 0 Å². The maximum Gasteiger partial charge on any atom is 0.337 e. The van der Waals surface area contributed by atoms with Crippen LogP contribution in [-0.4, -0.2) is 39.7 Å². The molecule has 2 N–H and O–H groups in total. The zero-order chi connectivity index (χ0) is 30.1. The molecule has 12 nitrogen and oxygen atoms in total. The zero-order valence-electron chi connectivity index (χ0n) is 22.5. The number of benzene rings is 4. The Morgan fingerprint density at radius 1 is 0.929 bits per heavy atom. The van der Waals surface area contributed by atoms with Crippen LogP contribution in [0.15, 0.2) is 101 Å². The molecule has 0 aliphatic heterocycles. The van der Waals surface area contributed by atoms with Gasteiger partial charge in [-0.1, -0.05) is 36.4 Å². The molecule has 4 rings (SSSR count). The molecule has 216 valence electrons. The molecule has 0 aliphatic rings. The summed E-state index contributed by atoms with van der Waals surface area (Å²) in [4.78, 5) is 22.0. The Morgan fingerprint density at radius 2 is 1.62 bits per heavy atom. The van der Waals surface area contributed by atoms with E-state index in [1.807, 2.05) is 0 Å². The number of carbonyl (C=O) groups excluding carboxylic acids is 1. The summed E-state index contributed by atoms with van der Waals surface area (Å²) in [5.41, 5.74) is 4.23. The Balaban J connectivity index is 1.54. The summed E-state index contributed by atoms with van der Waals surface area (Å²) >= 11 is 0. The van der Waals surface area contributed by atoms with Crippen molar-refractivity contribution in [2.45, 2.75) is 11.5 Å². The van der Waals surface area contributed by atoms with E-state index in [1.54, 1.807) is 66.7 Å². The van der Waals surface area contributed by atoms with E-state index in [9.17, 15) is 23.3 Å². The maximum absolute atomic E-state index is 13.3. The number of rotatable bonds is 12. The van der Waals surface area contributed by atoms with E-state index < -0.39 is 26.6 Å². The van der Waals surface area contributed by atoms with Gasteiger partial charge in [-0.15, -0.1) is 0 Å². The molecule has 0 aliphatic carbocycles. The third kappa shape index (κ3) is 7.20. The Hall–Kier alpha value is -5.43. The second-order valence-corrected chi connectivity index (χ2v) is 10.3. The van der Waals surface area contributed by atoms with Crippen LogP contribution in [0.25, 0.3) is 0 Å². The molecule has 42 heavy (non-hydrogen) atoms. The van der Waals surface area contributed by atoms with Gasteiger partial charge in [0.1, 0.15) is 23.0 Å². The van der Waals surface area contributed by atoms with Gasteiger partial charge in [-0.05, 0) is 48.0 Å². The summed E-state index contributed by atoms with van der Waals surface area (Å²) in [6, 6.07) is 23.6. The highest BCUT2D eigenvalue weighted by Crippen LogP contribution is 2.31. The fraction of sp³-hybridized carbons (Fsp3) is 0.103. The predicted octanol–water partition coefficient (Wildman–Crippen LogP) is 5.22. The summed E-state index contributed by atoms with van der Waals surface area (Å²) in [7, 11) is -1.60. The van der Waals surface area contributed by atoms with Crippen LogP contribution in [-0.2, 0) is 21.4 Å². The number of nitro groups is 1. The average Bonchev–Trinajstić information content (AvgIpc) is 3.00. The number of nitrogens with one attached hydrogen (secondary N) is 2. The second kappa shape index (κ2) is 13.3. The van der Waals surface area contributed by atoms with Crippen molar-refractivity contribution >= 4 is 39.3 Å². The van der Waals surface area contributed by atoms with Gasteiger partial charge in [-0.2, -0.15) is 5.10 Å². The van der Waals surface area contributed by atoms with Crippen LogP contribution in [0.5, 0.6) is 11.5 Å². The molecule has 0 bridgehead atoms. The Kier molecular flexibility index (Phi) is 9.35. The third-order valence-electron chi connectivity index (χ3n) is 5.89. The molecule has 0 aromatic heterocycles. The number of nitrogens with zero attached hydrogens (tertiary/aromatic N) is 2. The van der Waals surface area contributed by atoms with Crippen LogP contribution in [0, 0.1) is 10.1 Å². The van der Waals surface area contributed by atoms with E-state index in [-0.39, 0.29) is 28.6 Å². The van der Waals surface area contributed by atoms with E-state index in [0.717, 1.165) is 11.6 Å². The van der Waals surface area contributed by atoms with Crippen molar-refractivity contribution in [1.29, 1.82) is 0 Å². The molecule has 0 fully saturated rings. The number of hydrogen-bond acceptors (Lipinski definition) is 10. The molecule has 0 spiro atoms. The minimum Gasteiger partial charge on any atom is -0.495 e. The molecular weight excluding hydrogens is 564 g/mol. The second-order valence-electron chi connectivity index (χ2n) is 8.63. The first-order chi connectivity index (χ1) is 20.2. The fourth-order valence-corrected chi connectivity index (χ4v) is 5.02. The Bertz CT molecular complexity index is 1720. The predicted molar refractivity (Wildman–Crippen MR) is 157 cm³/mol. The summed E-state index contributed by atoms with van der Waals surface area (Å²) in [6.07, 6.45) is 1.43. The number of non-ortho nitro benzene ring substituents is 1. The average molecular weight is 591 g/mol. The number of esters is 1. The summed E-state index contributed by atoms with van der Waals surface area (Å²) < 4.78 is 44.9. The molecule has 13 heteroatoms. The van der Waals surface area contributed by atoms with Crippen molar-refractivity contribution in [3.8, 4) is 11.5 Å². The maximum atomic E-state index is 13.3. The van der Waals surface area contributed by atoms with Crippen molar-refractivity contribution in [3.05, 3.63) is 118 Å². The summed E-state index contributed by atoms with van der Waals surface area (Å²) in [6.45, 7) is 0.207. The molecule has 0 radical (unpaired) electrons. The van der Waals surface area contributed by atoms with Gasteiger partial charge in [0, 0.05) is 17.7 Å². The quantitative estimate of drug-likeness (QED) is 0.0977. The highest BCUT2D eigenvalue weighted by Gasteiger charge is 2.24. The third-order valence-corrected chi connectivity index (χ3v) is 7.30. The van der Waals surface area contributed by atoms with Crippen LogP contribution < -0.4 is 19.6 Å². The largest absolute Gasteiger partial charge is 0.495 e. The Morgan fingerprint density at radius 3 is 2.31 bits per heavy atom. The van der Waals surface area contributed by atoms with Crippen LogP contribution in [0.3, 0.4) is 0 Å². The number of ether oxygens (including phenoxy) is 3. The first-order valence-corrected chi connectivity index (χ1v) is 13.8. The highest BCUT2D eigenvalue weighted by molar-refractivity contribution is 7.93. The fourth-order valence-electron chi connectivity index (χ4n) is 3.77. The van der Waals surface area contributed by atoms with Gasteiger partial charge < -0.3 is 14.2 Å². The van der Waals surface area contributed by atoms with E-state index in [2.05, 4.69) is 15.2 Å².